The van der Waals surface area contributed by atoms with Crippen molar-refractivity contribution in [3.05, 3.63) is 0 Å². The van der Waals surface area contributed by atoms with Crippen molar-refractivity contribution in [3.8, 4) is 0 Å². The summed E-state index contributed by atoms with van der Waals surface area (Å²) in [6.45, 7) is 1.44. The van der Waals surface area contributed by atoms with Gasteiger partial charge in [-0.2, -0.15) is 0 Å². The van der Waals surface area contributed by atoms with E-state index in [0.717, 1.165) is 12.8 Å². The fourth-order valence-electron chi connectivity index (χ4n) is 2.95. The van der Waals surface area contributed by atoms with E-state index in [9.17, 15) is 14.7 Å². The molecular formula is C20H37O5-. The highest BCUT2D eigenvalue weighted by Gasteiger charge is 2.14. The first kappa shape index (κ1) is 23.9. The Bertz CT molecular complexity index is 330. The first-order valence-electron chi connectivity index (χ1n) is 10.1. The molecule has 1 unspecified atom stereocenters. The van der Waals surface area contributed by atoms with Crippen molar-refractivity contribution in [1.29, 1.82) is 0 Å². The zero-order chi connectivity index (χ0) is 18.8. The lowest BCUT2D eigenvalue weighted by Crippen LogP contribution is -2.39. The minimum atomic E-state index is -1.39. The molecule has 0 radical (unpaired) electrons. The molecule has 1 atom stereocenters. The summed E-state index contributed by atoms with van der Waals surface area (Å²) in [6.07, 6.45) is 16.2. The van der Waals surface area contributed by atoms with Crippen LogP contribution in [0.2, 0.25) is 0 Å². The van der Waals surface area contributed by atoms with Crippen molar-refractivity contribution in [2.75, 3.05) is 6.61 Å². The van der Waals surface area contributed by atoms with Gasteiger partial charge in [0, 0.05) is 0 Å². The number of carbonyl (C=O) groups excluding carboxylic acids is 2. The van der Waals surface area contributed by atoms with Gasteiger partial charge in [0.1, 0.15) is 12.7 Å². The summed E-state index contributed by atoms with van der Waals surface area (Å²) >= 11 is 0. The number of unbranched alkanes of at least 4 members (excludes halogenated alkanes) is 13. The zero-order valence-corrected chi connectivity index (χ0v) is 16.0. The van der Waals surface area contributed by atoms with Crippen LogP contribution in [-0.4, -0.2) is 29.8 Å². The van der Waals surface area contributed by atoms with Gasteiger partial charge in [-0.3, -0.25) is 0 Å². The molecule has 0 saturated heterocycles. The largest absolute Gasteiger partial charge is 0.546 e. The molecule has 0 fully saturated rings. The zero-order valence-electron chi connectivity index (χ0n) is 16.0. The van der Waals surface area contributed by atoms with Crippen LogP contribution >= 0.6 is 0 Å². The van der Waals surface area contributed by atoms with Crippen LogP contribution in [0.25, 0.3) is 0 Å². The predicted octanol–water partition coefficient (Wildman–Crippen LogP) is 3.51. The Morgan fingerprint density at radius 3 is 1.56 bits per heavy atom. The lowest BCUT2D eigenvalue weighted by atomic mass is 10.0. The van der Waals surface area contributed by atoms with Gasteiger partial charge >= 0.3 is 5.97 Å². The summed E-state index contributed by atoms with van der Waals surface area (Å²) in [5.74, 6) is -2.31. The van der Waals surface area contributed by atoms with Crippen LogP contribution in [0.1, 0.15) is 103 Å². The third-order valence-electron chi connectivity index (χ3n) is 4.49. The summed E-state index contributed by atoms with van der Waals surface area (Å²) in [6, 6.07) is 0. The van der Waals surface area contributed by atoms with Crippen LogP contribution in [0.4, 0.5) is 0 Å². The molecule has 0 saturated carbocycles. The monoisotopic (exact) mass is 357 g/mol. The van der Waals surface area contributed by atoms with Crippen LogP contribution in [-0.2, 0) is 14.3 Å². The second-order valence-corrected chi connectivity index (χ2v) is 6.84. The quantitative estimate of drug-likeness (QED) is 0.300. The highest BCUT2D eigenvalue weighted by Crippen LogP contribution is 2.14. The first-order chi connectivity index (χ1) is 12.1. The fourth-order valence-corrected chi connectivity index (χ4v) is 2.95. The number of carboxylic acids is 1. The van der Waals surface area contributed by atoms with Gasteiger partial charge in [-0.1, -0.05) is 90.4 Å². The molecule has 148 valence electrons. The Balaban J connectivity index is 3.37. The number of esters is 1. The summed E-state index contributed by atoms with van der Waals surface area (Å²) in [5, 5.41) is 19.4. The molecule has 1 N–H and O–H groups in total. The normalized spacial score (nSPS) is 12.1. The Morgan fingerprint density at radius 2 is 1.20 bits per heavy atom. The molecular weight excluding hydrogens is 320 g/mol. The molecule has 0 aliphatic carbocycles. The van der Waals surface area contributed by atoms with Gasteiger partial charge in [0.25, 0.3) is 0 Å². The van der Waals surface area contributed by atoms with E-state index in [1.54, 1.807) is 0 Å². The Labute approximate surface area is 153 Å². The van der Waals surface area contributed by atoms with Crippen molar-refractivity contribution in [2.45, 2.75) is 109 Å². The molecule has 5 heteroatoms. The van der Waals surface area contributed by atoms with E-state index in [-0.39, 0.29) is 6.42 Å². The Hall–Kier alpha value is -1.10. The molecule has 0 bridgehead atoms. The molecule has 0 aromatic heterocycles. The number of aliphatic hydroxyl groups is 1. The van der Waals surface area contributed by atoms with Crippen LogP contribution in [0.5, 0.6) is 0 Å². The van der Waals surface area contributed by atoms with Gasteiger partial charge in [0.2, 0.25) is 0 Å². The predicted molar refractivity (Wildman–Crippen MR) is 96.9 cm³/mol. The first-order valence-corrected chi connectivity index (χ1v) is 10.1. The lowest BCUT2D eigenvalue weighted by Gasteiger charge is -2.18. The van der Waals surface area contributed by atoms with Crippen molar-refractivity contribution >= 4 is 11.9 Å². The summed E-state index contributed by atoms with van der Waals surface area (Å²) in [7, 11) is 0. The van der Waals surface area contributed by atoms with Crippen molar-refractivity contribution in [1.82, 2.24) is 0 Å². The van der Waals surface area contributed by atoms with E-state index in [4.69, 9.17) is 5.11 Å². The minimum Gasteiger partial charge on any atom is -0.546 e. The molecule has 0 aromatic rings. The van der Waals surface area contributed by atoms with Crippen LogP contribution in [0.3, 0.4) is 0 Å². The molecule has 0 rings (SSSR count). The molecule has 0 spiro atoms. The highest BCUT2D eigenvalue weighted by atomic mass is 16.6. The summed E-state index contributed by atoms with van der Waals surface area (Å²) in [5.41, 5.74) is 0. The van der Waals surface area contributed by atoms with Crippen LogP contribution < -0.4 is 5.11 Å². The average molecular weight is 358 g/mol. The van der Waals surface area contributed by atoms with E-state index in [1.165, 1.54) is 70.6 Å². The van der Waals surface area contributed by atoms with E-state index in [1.807, 2.05) is 0 Å². The molecule has 25 heavy (non-hydrogen) atoms. The smallest absolute Gasteiger partial charge is 0.332 e. The van der Waals surface area contributed by atoms with E-state index in [2.05, 4.69) is 11.7 Å². The number of aliphatic carboxylic acids is 1. The minimum absolute atomic E-state index is 0.256. The maximum absolute atomic E-state index is 10.9. The SMILES string of the molecule is CCCCCCCCCCCCCCCCC(OC(=O)CO)C(=O)[O-]. The fraction of sp³-hybridized carbons (Fsp3) is 0.900. The second-order valence-electron chi connectivity index (χ2n) is 6.84. The highest BCUT2D eigenvalue weighted by molar-refractivity contribution is 5.77. The van der Waals surface area contributed by atoms with E-state index in [0.29, 0.717) is 6.42 Å². The van der Waals surface area contributed by atoms with Gasteiger partial charge in [0.05, 0.1) is 5.97 Å². The number of ether oxygens (including phenoxy) is 1. The van der Waals surface area contributed by atoms with Gasteiger partial charge in [-0.25, -0.2) is 4.79 Å². The third kappa shape index (κ3) is 16.1. The van der Waals surface area contributed by atoms with Gasteiger partial charge in [-0.05, 0) is 12.8 Å². The van der Waals surface area contributed by atoms with Crippen molar-refractivity contribution < 1.29 is 24.5 Å². The van der Waals surface area contributed by atoms with E-state index < -0.39 is 24.6 Å². The number of hydrogen-bond acceptors (Lipinski definition) is 5. The lowest BCUT2D eigenvalue weighted by molar-refractivity contribution is -0.316. The topological polar surface area (TPSA) is 86.7 Å². The molecule has 0 aromatic carbocycles. The second kappa shape index (κ2) is 17.7. The maximum atomic E-state index is 10.9. The molecule has 0 amide bonds. The van der Waals surface area contributed by atoms with Crippen molar-refractivity contribution in [2.24, 2.45) is 0 Å². The van der Waals surface area contributed by atoms with Gasteiger partial charge in [0.15, 0.2) is 0 Å². The van der Waals surface area contributed by atoms with Crippen molar-refractivity contribution in [3.63, 3.8) is 0 Å². The van der Waals surface area contributed by atoms with Crippen LogP contribution in [0, 0.1) is 0 Å². The third-order valence-corrected chi connectivity index (χ3v) is 4.49. The van der Waals surface area contributed by atoms with Gasteiger partial charge < -0.3 is 19.7 Å². The average Bonchev–Trinajstić information content (AvgIpc) is 2.60. The maximum Gasteiger partial charge on any atom is 0.332 e. The standard InChI is InChI=1S/C20H38O5/c1-2-3-4-5-6-7-8-9-10-11-12-13-14-15-16-18(20(23)24)25-19(22)17-21/h18,21H,2-17H2,1H3,(H,23,24)/p-1. The Kier molecular flexibility index (Phi) is 16.9. The van der Waals surface area contributed by atoms with Crippen LogP contribution in [0.15, 0.2) is 0 Å². The Morgan fingerprint density at radius 1 is 0.800 bits per heavy atom. The number of carbonyl (C=O) groups is 2. The number of carboxylic acid groups (broad SMARTS) is 1. The summed E-state index contributed by atoms with van der Waals surface area (Å²) < 4.78 is 4.62. The number of hydrogen-bond donors (Lipinski definition) is 1. The number of rotatable bonds is 18. The van der Waals surface area contributed by atoms with Gasteiger partial charge in [-0.15, -0.1) is 0 Å². The summed E-state index contributed by atoms with van der Waals surface area (Å²) in [4.78, 5) is 21.8. The van der Waals surface area contributed by atoms with E-state index >= 15 is 0 Å². The molecule has 5 nitrogen and oxygen atoms in total. The molecule has 0 aliphatic heterocycles. The molecule has 0 heterocycles. The molecule has 0 aliphatic rings. The number of aliphatic hydroxyl groups excluding tert-OH is 1.